The standard InChI is InChI=1S/C31H34O6/c1-19(32)36-18-26(34)30(35)14-12-23-24-10-9-22-15-20(16-25(33)21-7-5-4-6-8-21)11-13-28(22,2)31(24)27(37-31)17-29(23,30)3/h4-9,11,13,15,23-24,27,35H,10,12,14,16-18H2,1-3H3/t23?,24?,27?,28?,29-,30-,31?/m0/s1. The number of hydrogen-bond donors (Lipinski definition) is 1. The first-order valence-electron chi connectivity index (χ1n) is 13.3. The molecule has 1 aliphatic heterocycles. The number of aliphatic hydroxyl groups is 1. The van der Waals surface area contributed by atoms with Crippen molar-refractivity contribution in [1.29, 1.82) is 0 Å². The van der Waals surface area contributed by atoms with Crippen molar-refractivity contribution in [2.45, 2.75) is 70.2 Å². The molecule has 6 heteroatoms. The van der Waals surface area contributed by atoms with Gasteiger partial charge < -0.3 is 14.6 Å². The summed E-state index contributed by atoms with van der Waals surface area (Å²) in [5.41, 5.74) is 0.0444. The molecule has 0 aromatic heterocycles. The molecule has 1 spiro atoms. The fraction of sp³-hybridized carbons (Fsp3) is 0.516. The maximum Gasteiger partial charge on any atom is 0.303 e. The Bertz CT molecular complexity index is 1280. The van der Waals surface area contributed by atoms with Crippen LogP contribution in [-0.2, 0) is 19.1 Å². The molecule has 6 rings (SSSR count). The number of carbonyl (C=O) groups is 3. The van der Waals surface area contributed by atoms with E-state index in [1.807, 2.05) is 37.3 Å². The lowest BCUT2D eigenvalue weighted by atomic mass is 9.47. The monoisotopic (exact) mass is 502 g/mol. The van der Waals surface area contributed by atoms with Gasteiger partial charge in [0.05, 0.1) is 6.10 Å². The maximum atomic E-state index is 13.1. The van der Waals surface area contributed by atoms with Crippen LogP contribution in [0.4, 0.5) is 0 Å². The Morgan fingerprint density at radius 2 is 1.89 bits per heavy atom. The Balaban J connectivity index is 1.27. The van der Waals surface area contributed by atoms with Crippen molar-refractivity contribution in [3.63, 3.8) is 0 Å². The van der Waals surface area contributed by atoms with Gasteiger partial charge in [0.25, 0.3) is 0 Å². The molecular formula is C31H34O6. The second-order valence-corrected chi connectivity index (χ2v) is 12.0. The summed E-state index contributed by atoms with van der Waals surface area (Å²) in [6, 6.07) is 9.38. The molecule has 4 aliphatic carbocycles. The van der Waals surface area contributed by atoms with Crippen LogP contribution in [0, 0.1) is 22.7 Å². The van der Waals surface area contributed by atoms with Gasteiger partial charge in [-0.15, -0.1) is 0 Å². The van der Waals surface area contributed by atoms with E-state index in [1.54, 1.807) is 0 Å². The summed E-state index contributed by atoms with van der Waals surface area (Å²) < 4.78 is 11.6. The van der Waals surface area contributed by atoms with Gasteiger partial charge in [-0.1, -0.05) is 61.6 Å². The Hall–Kier alpha value is -2.83. The number of carbonyl (C=O) groups excluding carboxylic acids is 3. The second kappa shape index (κ2) is 8.08. The summed E-state index contributed by atoms with van der Waals surface area (Å²) in [5, 5.41) is 11.7. The second-order valence-electron chi connectivity index (χ2n) is 12.0. The van der Waals surface area contributed by atoms with Crippen molar-refractivity contribution in [1.82, 2.24) is 0 Å². The molecule has 1 heterocycles. The van der Waals surface area contributed by atoms with E-state index in [2.05, 4.69) is 31.2 Å². The van der Waals surface area contributed by atoms with Gasteiger partial charge in [-0.25, -0.2) is 0 Å². The summed E-state index contributed by atoms with van der Waals surface area (Å²) in [6.45, 7) is 5.12. The Morgan fingerprint density at radius 1 is 1.14 bits per heavy atom. The number of ketones is 2. The van der Waals surface area contributed by atoms with Crippen LogP contribution in [0.15, 0.2) is 65.8 Å². The highest BCUT2D eigenvalue weighted by Gasteiger charge is 2.80. The van der Waals surface area contributed by atoms with E-state index in [1.165, 1.54) is 12.5 Å². The van der Waals surface area contributed by atoms with Crippen LogP contribution in [0.1, 0.15) is 63.2 Å². The summed E-state index contributed by atoms with van der Waals surface area (Å²) in [6.07, 6.45) is 11.5. The molecule has 1 aromatic rings. The third kappa shape index (κ3) is 3.28. The van der Waals surface area contributed by atoms with Gasteiger partial charge in [-0.3, -0.25) is 14.4 Å². The number of hydrogen-bond acceptors (Lipinski definition) is 6. The van der Waals surface area contributed by atoms with Crippen LogP contribution in [0.25, 0.3) is 0 Å². The molecule has 0 radical (unpaired) electrons. The normalized spacial score (nSPS) is 40.8. The van der Waals surface area contributed by atoms with E-state index >= 15 is 0 Å². The summed E-state index contributed by atoms with van der Waals surface area (Å²) in [5.74, 6) is -0.543. The highest BCUT2D eigenvalue weighted by Crippen LogP contribution is 2.75. The van der Waals surface area contributed by atoms with Crippen molar-refractivity contribution in [2.24, 2.45) is 22.7 Å². The van der Waals surface area contributed by atoms with Crippen LogP contribution in [-0.4, -0.2) is 46.6 Å². The fourth-order valence-electron chi connectivity index (χ4n) is 8.24. The molecular weight excluding hydrogens is 468 g/mol. The minimum Gasteiger partial charge on any atom is -0.458 e. The van der Waals surface area contributed by atoms with Gasteiger partial charge in [0.2, 0.25) is 5.78 Å². The molecule has 37 heavy (non-hydrogen) atoms. The topological polar surface area (TPSA) is 93.2 Å². The van der Waals surface area contributed by atoms with Gasteiger partial charge in [0, 0.05) is 29.7 Å². The number of Topliss-reactive ketones (excluding diaryl/α,β-unsaturated/α-hetero) is 2. The number of fused-ring (bicyclic) bond motifs is 3. The summed E-state index contributed by atoms with van der Waals surface area (Å²) in [4.78, 5) is 37.2. The Labute approximate surface area is 217 Å². The summed E-state index contributed by atoms with van der Waals surface area (Å²) in [7, 11) is 0. The molecule has 5 unspecified atom stereocenters. The molecule has 2 saturated carbocycles. The van der Waals surface area contributed by atoms with E-state index in [9.17, 15) is 19.5 Å². The third-order valence-electron chi connectivity index (χ3n) is 10.3. The molecule has 6 nitrogen and oxygen atoms in total. The highest BCUT2D eigenvalue weighted by molar-refractivity contribution is 5.98. The van der Waals surface area contributed by atoms with E-state index in [0.29, 0.717) is 19.3 Å². The number of allylic oxidation sites excluding steroid dienone is 4. The first kappa shape index (κ1) is 24.5. The number of ether oxygens (including phenoxy) is 2. The predicted molar refractivity (Wildman–Crippen MR) is 137 cm³/mol. The maximum absolute atomic E-state index is 13.1. The van der Waals surface area contributed by atoms with Crippen LogP contribution in [0.5, 0.6) is 0 Å². The van der Waals surface area contributed by atoms with Crippen LogP contribution in [0.2, 0.25) is 0 Å². The number of esters is 1. The van der Waals surface area contributed by atoms with Crippen molar-refractivity contribution in [2.75, 3.05) is 6.61 Å². The molecule has 0 bridgehead atoms. The smallest absolute Gasteiger partial charge is 0.303 e. The third-order valence-corrected chi connectivity index (χ3v) is 10.3. The van der Waals surface area contributed by atoms with Gasteiger partial charge in [0.1, 0.15) is 11.2 Å². The number of epoxide rings is 1. The average molecular weight is 503 g/mol. The predicted octanol–water partition coefficient (Wildman–Crippen LogP) is 4.53. The van der Waals surface area contributed by atoms with E-state index < -0.39 is 29.4 Å². The zero-order chi connectivity index (χ0) is 26.2. The average Bonchev–Trinajstić information content (AvgIpc) is 3.53. The molecule has 1 saturated heterocycles. The lowest BCUT2D eigenvalue weighted by Crippen LogP contribution is -2.61. The number of benzene rings is 1. The van der Waals surface area contributed by atoms with Crippen LogP contribution >= 0.6 is 0 Å². The van der Waals surface area contributed by atoms with Gasteiger partial charge in [0.15, 0.2) is 12.4 Å². The minimum atomic E-state index is -1.52. The quantitative estimate of drug-likeness (QED) is 0.349. The molecule has 194 valence electrons. The van der Waals surface area contributed by atoms with Crippen molar-refractivity contribution < 1.29 is 29.0 Å². The van der Waals surface area contributed by atoms with Crippen molar-refractivity contribution in [3.05, 3.63) is 71.3 Å². The zero-order valence-corrected chi connectivity index (χ0v) is 21.7. The minimum absolute atomic E-state index is 0.0656. The molecule has 0 amide bonds. The zero-order valence-electron chi connectivity index (χ0n) is 21.7. The van der Waals surface area contributed by atoms with Crippen LogP contribution in [0.3, 0.4) is 0 Å². The van der Waals surface area contributed by atoms with E-state index in [-0.39, 0.29) is 34.7 Å². The van der Waals surface area contributed by atoms with E-state index in [4.69, 9.17) is 9.47 Å². The molecule has 5 aliphatic rings. The number of rotatable bonds is 6. The summed E-state index contributed by atoms with van der Waals surface area (Å²) >= 11 is 0. The highest BCUT2D eigenvalue weighted by atomic mass is 16.6. The fourth-order valence-corrected chi connectivity index (χ4v) is 8.24. The van der Waals surface area contributed by atoms with Gasteiger partial charge in [-0.2, -0.15) is 0 Å². The molecule has 1 aromatic carbocycles. The lowest BCUT2D eigenvalue weighted by Gasteiger charge is -2.54. The lowest BCUT2D eigenvalue weighted by molar-refractivity contribution is -0.165. The Kier molecular flexibility index (Phi) is 5.35. The van der Waals surface area contributed by atoms with Gasteiger partial charge in [-0.05, 0) is 55.6 Å². The van der Waals surface area contributed by atoms with Crippen LogP contribution < -0.4 is 0 Å². The first-order valence-corrected chi connectivity index (χ1v) is 13.3. The Morgan fingerprint density at radius 3 is 2.62 bits per heavy atom. The van der Waals surface area contributed by atoms with E-state index in [0.717, 1.165) is 24.0 Å². The van der Waals surface area contributed by atoms with Crippen molar-refractivity contribution >= 4 is 17.5 Å². The largest absolute Gasteiger partial charge is 0.458 e. The van der Waals surface area contributed by atoms with Crippen molar-refractivity contribution in [3.8, 4) is 0 Å². The molecule has 7 atom stereocenters. The molecule has 3 fully saturated rings. The molecule has 1 N–H and O–H groups in total. The van der Waals surface area contributed by atoms with Gasteiger partial charge >= 0.3 is 5.97 Å². The SMILES string of the molecule is CC(=O)OCC(=O)[C@@]1(O)CCC2C3CC=C4C=C(CC(=O)c5ccccc5)C=CC4(C)C34OC4C[C@@]21C. The first-order chi connectivity index (χ1) is 17.5.